The zero-order valence-corrected chi connectivity index (χ0v) is 20.3. The van der Waals surface area contributed by atoms with Crippen LogP contribution in [-0.2, 0) is 21.4 Å². The second-order valence-corrected chi connectivity index (χ2v) is 10.6. The molecular weight excluding hydrogens is 534 g/mol. The molecule has 3 aromatic rings. The van der Waals surface area contributed by atoms with E-state index in [0.29, 0.717) is 27.1 Å². The van der Waals surface area contributed by atoms with Gasteiger partial charge in [0.15, 0.2) is 6.17 Å². The number of carboxylic acids is 1. The lowest BCUT2D eigenvalue weighted by molar-refractivity contribution is -0.140. The van der Waals surface area contributed by atoms with Gasteiger partial charge in [-0.1, -0.05) is 58.5 Å². The molecule has 1 aliphatic heterocycles. The van der Waals surface area contributed by atoms with Gasteiger partial charge in [-0.25, -0.2) is 13.2 Å². The van der Waals surface area contributed by atoms with E-state index in [1.807, 2.05) is 0 Å². The quantitative estimate of drug-likeness (QED) is 0.399. The lowest BCUT2D eigenvalue weighted by Gasteiger charge is -2.35. The Bertz CT molecular complexity index is 1350. The number of benzene rings is 3. The molecule has 3 aromatic carbocycles. The number of nitrogens with zero attached hydrogens (tertiary/aromatic N) is 1. The minimum Gasteiger partial charge on any atom is -0.479 e. The summed E-state index contributed by atoms with van der Waals surface area (Å²) in [7, 11) is -4.28. The maximum absolute atomic E-state index is 13.3. The lowest BCUT2D eigenvalue weighted by atomic mass is 10.2. The Labute approximate surface area is 209 Å². The molecule has 0 amide bonds. The summed E-state index contributed by atoms with van der Waals surface area (Å²) in [5, 5.41) is 13.2. The summed E-state index contributed by atoms with van der Waals surface area (Å²) in [5.41, 5.74) is 0.497. The van der Waals surface area contributed by atoms with E-state index in [2.05, 4.69) is 5.32 Å². The first-order valence-corrected chi connectivity index (χ1v) is 12.2. The minimum absolute atomic E-state index is 0.0195. The van der Waals surface area contributed by atoms with Gasteiger partial charge in [0.2, 0.25) is 10.0 Å². The van der Waals surface area contributed by atoms with E-state index in [4.69, 9.17) is 51.1 Å². The minimum atomic E-state index is -4.28. The summed E-state index contributed by atoms with van der Waals surface area (Å²) >= 11 is 24.1. The number of carbonyl (C=O) groups is 1. The monoisotopic (exact) mass is 546 g/mol. The number of halogens is 4. The van der Waals surface area contributed by atoms with Crippen molar-refractivity contribution in [3.05, 3.63) is 80.3 Å². The second-order valence-electron chi connectivity index (χ2n) is 7.05. The van der Waals surface area contributed by atoms with Gasteiger partial charge in [0, 0.05) is 21.6 Å². The average molecular weight is 548 g/mol. The second kappa shape index (κ2) is 9.21. The van der Waals surface area contributed by atoms with E-state index in [0.717, 1.165) is 4.31 Å². The number of hydrogen-bond acceptors (Lipinski definition) is 5. The third-order valence-electron chi connectivity index (χ3n) is 4.70. The summed E-state index contributed by atoms with van der Waals surface area (Å²) < 4.78 is 33.3. The summed E-state index contributed by atoms with van der Waals surface area (Å²) in [6.45, 7) is -0.266. The number of aliphatic carboxylic acids is 1. The molecule has 33 heavy (non-hydrogen) atoms. The van der Waals surface area contributed by atoms with Crippen molar-refractivity contribution in [2.75, 3.05) is 5.32 Å². The zero-order chi connectivity index (χ0) is 23.9. The molecule has 7 nitrogen and oxygen atoms in total. The Morgan fingerprint density at radius 3 is 2.30 bits per heavy atom. The SMILES string of the molecule is O=C(O)C1Nc2cc(Cl)cc(Cl)c2S(=O)(=O)N1Cc1cccc(Oc2cc(Cl)cc(Cl)c2)c1. The molecule has 0 saturated heterocycles. The first kappa shape index (κ1) is 23.9. The van der Waals surface area contributed by atoms with Crippen molar-refractivity contribution in [2.24, 2.45) is 0 Å². The number of hydrogen-bond donors (Lipinski definition) is 2. The van der Waals surface area contributed by atoms with Crippen LogP contribution in [0.4, 0.5) is 5.69 Å². The van der Waals surface area contributed by atoms with Gasteiger partial charge >= 0.3 is 5.97 Å². The van der Waals surface area contributed by atoms with Crippen molar-refractivity contribution in [2.45, 2.75) is 17.6 Å². The van der Waals surface area contributed by atoms with Crippen LogP contribution in [0.2, 0.25) is 20.1 Å². The van der Waals surface area contributed by atoms with Crippen molar-refractivity contribution >= 4 is 68.1 Å². The topological polar surface area (TPSA) is 95.9 Å². The van der Waals surface area contributed by atoms with Gasteiger partial charge < -0.3 is 15.2 Å². The van der Waals surface area contributed by atoms with E-state index in [-0.39, 0.29) is 27.2 Å². The van der Waals surface area contributed by atoms with Crippen LogP contribution in [0, 0.1) is 0 Å². The fourth-order valence-electron chi connectivity index (χ4n) is 3.38. The average Bonchev–Trinajstić information content (AvgIpc) is 2.68. The Morgan fingerprint density at radius 2 is 1.64 bits per heavy atom. The van der Waals surface area contributed by atoms with Crippen molar-refractivity contribution < 1.29 is 23.1 Å². The van der Waals surface area contributed by atoms with Crippen LogP contribution in [0.15, 0.2) is 59.5 Å². The maximum Gasteiger partial charge on any atom is 0.342 e. The number of ether oxygens (including phenoxy) is 1. The molecule has 2 N–H and O–H groups in total. The third kappa shape index (κ3) is 5.01. The number of sulfonamides is 1. The molecule has 0 radical (unpaired) electrons. The van der Waals surface area contributed by atoms with Crippen molar-refractivity contribution in [1.29, 1.82) is 0 Å². The smallest absolute Gasteiger partial charge is 0.342 e. The number of fused-ring (bicyclic) bond motifs is 1. The highest BCUT2D eigenvalue weighted by atomic mass is 35.5. The fraction of sp³-hybridized carbons (Fsp3) is 0.0952. The van der Waals surface area contributed by atoms with E-state index in [1.54, 1.807) is 42.5 Å². The molecule has 0 fully saturated rings. The summed E-state index contributed by atoms with van der Waals surface area (Å²) in [4.78, 5) is 11.7. The van der Waals surface area contributed by atoms with Gasteiger partial charge in [-0.2, -0.15) is 4.31 Å². The van der Waals surface area contributed by atoms with Crippen LogP contribution in [0.25, 0.3) is 0 Å². The Balaban J connectivity index is 1.68. The molecule has 12 heteroatoms. The van der Waals surface area contributed by atoms with Crippen molar-refractivity contribution in [3.63, 3.8) is 0 Å². The van der Waals surface area contributed by atoms with Crippen LogP contribution in [-0.4, -0.2) is 30.0 Å². The highest BCUT2D eigenvalue weighted by Gasteiger charge is 2.43. The molecule has 0 saturated carbocycles. The molecule has 1 atom stereocenters. The van der Waals surface area contributed by atoms with Gasteiger partial charge in [0.1, 0.15) is 16.4 Å². The maximum atomic E-state index is 13.3. The molecule has 1 unspecified atom stereocenters. The standard InChI is InChI=1S/C21H14Cl4N2O5S/c22-12-5-13(23)7-16(6-12)32-15-3-1-2-11(4-15)10-27-20(21(28)29)26-18-9-14(24)8-17(25)19(18)33(27,30)31/h1-9,20,26H,10H2,(H,28,29). The van der Waals surface area contributed by atoms with Gasteiger partial charge in [-0.3, -0.25) is 0 Å². The third-order valence-corrected chi connectivity index (χ3v) is 7.68. The van der Waals surface area contributed by atoms with Crippen LogP contribution < -0.4 is 10.1 Å². The molecule has 0 aromatic heterocycles. The van der Waals surface area contributed by atoms with E-state index >= 15 is 0 Å². The van der Waals surface area contributed by atoms with E-state index in [1.165, 1.54) is 12.1 Å². The lowest BCUT2D eigenvalue weighted by Crippen LogP contribution is -2.52. The zero-order valence-electron chi connectivity index (χ0n) is 16.4. The molecule has 4 rings (SSSR count). The number of anilines is 1. The molecular formula is C21H14Cl4N2O5S. The van der Waals surface area contributed by atoms with Crippen molar-refractivity contribution in [1.82, 2.24) is 4.31 Å². The summed E-state index contributed by atoms with van der Waals surface area (Å²) in [5.74, 6) is -0.621. The molecule has 172 valence electrons. The largest absolute Gasteiger partial charge is 0.479 e. The Morgan fingerprint density at radius 1 is 0.970 bits per heavy atom. The fourth-order valence-corrected chi connectivity index (χ4v) is 6.34. The van der Waals surface area contributed by atoms with E-state index in [9.17, 15) is 18.3 Å². The predicted octanol–water partition coefficient (Wildman–Crippen LogP) is 6.12. The van der Waals surface area contributed by atoms with E-state index < -0.39 is 22.2 Å². The molecule has 0 bridgehead atoms. The summed E-state index contributed by atoms with van der Waals surface area (Å²) in [6.07, 6.45) is -1.58. The van der Waals surface area contributed by atoms with Gasteiger partial charge in [-0.15, -0.1) is 0 Å². The predicted molar refractivity (Wildman–Crippen MR) is 127 cm³/mol. The molecule has 0 aliphatic carbocycles. The first-order valence-electron chi connectivity index (χ1n) is 9.28. The van der Waals surface area contributed by atoms with Crippen LogP contribution in [0.3, 0.4) is 0 Å². The van der Waals surface area contributed by atoms with Crippen molar-refractivity contribution in [3.8, 4) is 11.5 Å². The van der Waals surface area contributed by atoms with Crippen LogP contribution >= 0.6 is 46.4 Å². The Kier molecular flexibility index (Phi) is 6.68. The number of nitrogens with one attached hydrogen (secondary N) is 1. The molecule has 1 aliphatic rings. The highest BCUT2D eigenvalue weighted by molar-refractivity contribution is 7.89. The Hall–Kier alpha value is -2.20. The van der Waals surface area contributed by atoms with Crippen LogP contribution in [0.1, 0.15) is 5.56 Å². The number of carboxylic acid groups (broad SMARTS) is 1. The number of rotatable bonds is 5. The van der Waals surface area contributed by atoms with Gasteiger partial charge in [0.25, 0.3) is 0 Å². The van der Waals surface area contributed by atoms with Gasteiger partial charge in [0.05, 0.1) is 10.7 Å². The normalized spacial score (nSPS) is 17.2. The van der Waals surface area contributed by atoms with Crippen LogP contribution in [0.5, 0.6) is 11.5 Å². The highest BCUT2D eigenvalue weighted by Crippen LogP contribution is 2.40. The molecule has 0 spiro atoms. The summed E-state index contributed by atoms with van der Waals surface area (Å²) in [6, 6.07) is 13.8. The van der Waals surface area contributed by atoms with Gasteiger partial charge in [-0.05, 0) is 48.0 Å². The molecule has 1 heterocycles. The first-order chi connectivity index (χ1) is 15.5.